The van der Waals surface area contributed by atoms with Gasteiger partial charge in [-0.05, 0) is 33.3 Å². The quantitative estimate of drug-likeness (QED) is 0.335. The standard InChI is InChI=1S/C9H16O2.C8H10O4/c1-4-6-7-11-9(10)8(3)5-2;1-5(7(9)10)4-6(2)8(11)12-3/h5H,4,6-7H2,1-3H3;4H,2H2,1,3H3,(H,9,10). The van der Waals surface area contributed by atoms with E-state index in [1.54, 1.807) is 13.0 Å². The van der Waals surface area contributed by atoms with Gasteiger partial charge in [0.2, 0.25) is 0 Å². The van der Waals surface area contributed by atoms with Crippen molar-refractivity contribution < 1.29 is 29.0 Å². The van der Waals surface area contributed by atoms with E-state index in [2.05, 4.69) is 18.2 Å². The van der Waals surface area contributed by atoms with Gasteiger partial charge in [0.15, 0.2) is 0 Å². The third kappa shape index (κ3) is 11.9. The van der Waals surface area contributed by atoms with Crippen molar-refractivity contribution in [3.05, 3.63) is 35.5 Å². The van der Waals surface area contributed by atoms with E-state index in [-0.39, 0.29) is 17.1 Å². The highest BCUT2D eigenvalue weighted by molar-refractivity contribution is 5.94. The molecule has 1 N–H and O–H groups in total. The lowest BCUT2D eigenvalue weighted by molar-refractivity contribution is -0.139. The number of aliphatic carboxylic acids is 1. The zero-order valence-electron chi connectivity index (χ0n) is 14.5. The summed E-state index contributed by atoms with van der Waals surface area (Å²) in [4.78, 5) is 32.0. The SMILES string of the molecule is C=C(C=C(C)C(=O)O)C(=O)OC.CC=C(C)C(=O)OCCCC. The van der Waals surface area contributed by atoms with Crippen molar-refractivity contribution >= 4 is 17.9 Å². The lowest BCUT2D eigenvalue weighted by atomic mass is 10.2. The number of hydrogen-bond donors (Lipinski definition) is 1. The predicted octanol–water partition coefficient (Wildman–Crippen LogP) is 3.04. The molecule has 130 valence electrons. The van der Waals surface area contributed by atoms with Crippen molar-refractivity contribution in [1.29, 1.82) is 0 Å². The van der Waals surface area contributed by atoms with E-state index in [1.165, 1.54) is 14.0 Å². The number of allylic oxidation sites excluding steroid dienone is 1. The van der Waals surface area contributed by atoms with Crippen molar-refractivity contribution in [3.63, 3.8) is 0 Å². The van der Waals surface area contributed by atoms with Gasteiger partial charge in [0.25, 0.3) is 0 Å². The molecule has 0 aliphatic rings. The Hall–Kier alpha value is -2.37. The summed E-state index contributed by atoms with van der Waals surface area (Å²) < 4.78 is 9.24. The first-order chi connectivity index (χ1) is 10.7. The number of carboxylic acids is 1. The monoisotopic (exact) mass is 326 g/mol. The van der Waals surface area contributed by atoms with Gasteiger partial charge >= 0.3 is 17.9 Å². The minimum absolute atomic E-state index is 0.0254. The predicted molar refractivity (Wildman–Crippen MR) is 87.8 cm³/mol. The van der Waals surface area contributed by atoms with Gasteiger partial charge in [0, 0.05) is 11.1 Å². The smallest absolute Gasteiger partial charge is 0.337 e. The van der Waals surface area contributed by atoms with E-state index in [0.717, 1.165) is 18.9 Å². The zero-order chi connectivity index (χ0) is 18.4. The summed E-state index contributed by atoms with van der Waals surface area (Å²) in [5.74, 6) is -1.91. The summed E-state index contributed by atoms with van der Waals surface area (Å²) in [6, 6.07) is 0. The first kappa shape index (κ1) is 22.9. The van der Waals surface area contributed by atoms with Crippen LogP contribution < -0.4 is 0 Å². The van der Waals surface area contributed by atoms with Crippen LogP contribution in [0.1, 0.15) is 40.5 Å². The van der Waals surface area contributed by atoms with Gasteiger partial charge in [-0.2, -0.15) is 0 Å². The number of ether oxygens (including phenoxy) is 2. The molecule has 0 atom stereocenters. The first-order valence-electron chi connectivity index (χ1n) is 7.20. The summed E-state index contributed by atoms with van der Waals surface area (Å²) in [6.45, 7) is 10.9. The number of hydrogen-bond acceptors (Lipinski definition) is 5. The minimum Gasteiger partial charge on any atom is -0.478 e. The first-order valence-corrected chi connectivity index (χ1v) is 7.20. The molecule has 6 heteroatoms. The summed E-state index contributed by atoms with van der Waals surface area (Å²) in [5.41, 5.74) is 0.754. The van der Waals surface area contributed by atoms with Gasteiger partial charge in [0.1, 0.15) is 0 Å². The second-order valence-electron chi connectivity index (χ2n) is 4.61. The molecule has 0 fully saturated rings. The normalized spacial score (nSPS) is 11.0. The highest BCUT2D eigenvalue weighted by Gasteiger charge is 2.06. The topological polar surface area (TPSA) is 89.9 Å². The molecule has 0 bridgehead atoms. The van der Waals surface area contributed by atoms with Crippen molar-refractivity contribution in [2.24, 2.45) is 0 Å². The van der Waals surface area contributed by atoms with Crippen LogP contribution in [0.4, 0.5) is 0 Å². The third-order valence-electron chi connectivity index (χ3n) is 2.66. The van der Waals surface area contributed by atoms with Gasteiger partial charge in [-0.25, -0.2) is 14.4 Å². The average molecular weight is 326 g/mol. The average Bonchev–Trinajstić information content (AvgIpc) is 2.53. The summed E-state index contributed by atoms with van der Waals surface area (Å²) in [7, 11) is 1.21. The molecule has 0 rings (SSSR count). The Labute approximate surface area is 137 Å². The minimum atomic E-state index is -1.08. The largest absolute Gasteiger partial charge is 0.478 e. The van der Waals surface area contributed by atoms with Crippen molar-refractivity contribution in [2.75, 3.05) is 13.7 Å². The van der Waals surface area contributed by atoms with E-state index < -0.39 is 11.9 Å². The number of carbonyl (C=O) groups is 3. The van der Waals surface area contributed by atoms with Gasteiger partial charge < -0.3 is 14.6 Å². The van der Waals surface area contributed by atoms with Crippen molar-refractivity contribution in [3.8, 4) is 0 Å². The molecule has 0 spiro atoms. The molecule has 0 radical (unpaired) electrons. The van der Waals surface area contributed by atoms with Crippen LogP contribution in [0.2, 0.25) is 0 Å². The molecule has 0 unspecified atom stereocenters. The zero-order valence-corrected chi connectivity index (χ0v) is 14.5. The van der Waals surface area contributed by atoms with Crippen LogP contribution in [0.3, 0.4) is 0 Å². The Morgan fingerprint density at radius 2 is 1.70 bits per heavy atom. The Morgan fingerprint density at radius 1 is 1.13 bits per heavy atom. The molecule has 0 saturated heterocycles. The summed E-state index contributed by atoms with van der Waals surface area (Å²) in [6.07, 6.45) is 4.92. The second kappa shape index (κ2) is 13.3. The molecular formula is C17H26O6. The van der Waals surface area contributed by atoms with E-state index in [4.69, 9.17) is 9.84 Å². The molecule has 0 aromatic heterocycles. The Morgan fingerprint density at radius 3 is 2.09 bits per heavy atom. The number of unbranched alkanes of at least 4 members (excludes halogenated alkanes) is 1. The number of carbonyl (C=O) groups excluding carboxylic acids is 2. The second-order valence-corrected chi connectivity index (χ2v) is 4.61. The van der Waals surface area contributed by atoms with Gasteiger partial charge in [-0.1, -0.05) is 26.0 Å². The maximum absolute atomic E-state index is 11.0. The molecule has 23 heavy (non-hydrogen) atoms. The van der Waals surface area contributed by atoms with Crippen LogP contribution in [0.25, 0.3) is 0 Å². The van der Waals surface area contributed by atoms with Gasteiger partial charge in [-0.15, -0.1) is 0 Å². The molecular weight excluding hydrogens is 300 g/mol. The van der Waals surface area contributed by atoms with Crippen LogP contribution >= 0.6 is 0 Å². The van der Waals surface area contributed by atoms with Crippen LogP contribution in [-0.2, 0) is 23.9 Å². The highest BCUT2D eigenvalue weighted by Crippen LogP contribution is 2.01. The Kier molecular flexibility index (Phi) is 13.2. The van der Waals surface area contributed by atoms with Crippen LogP contribution in [0.15, 0.2) is 35.5 Å². The number of esters is 2. The molecule has 0 aromatic carbocycles. The Balaban J connectivity index is 0. The van der Waals surface area contributed by atoms with E-state index in [9.17, 15) is 14.4 Å². The summed E-state index contributed by atoms with van der Waals surface area (Å²) in [5, 5.41) is 8.42. The molecule has 0 aromatic rings. The third-order valence-corrected chi connectivity index (χ3v) is 2.66. The number of methoxy groups -OCH3 is 1. The molecule has 0 amide bonds. The van der Waals surface area contributed by atoms with Gasteiger partial charge in [-0.3, -0.25) is 0 Å². The lowest BCUT2D eigenvalue weighted by Gasteiger charge is -2.02. The van der Waals surface area contributed by atoms with Crippen LogP contribution in [0.5, 0.6) is 0 Å². The fourth-order valence-corrected chi connectivity index (χ4v) is 1.05. The number of rotatable bonds is 7. The fraction of sp³-hybridized carbons (Fsp3) is 0.471. The van der Waals surface area contributed by atoms with E-state index >= 15 is 0 Å². The maximum Gasteiger partial charge on any atom is 0.337 e. The Bertz CT molecular complexity index is 485. The van der Waals surface area contributed by atoms with Crippen LogP contribution in [-0.4, -0.2) is 36.7 Å². The molecule has 0 saturated carbocycles. The maximum atomic E-state index is 11.0. The summed E-state index contributed by atoms with van der Waals surface area (Å²) >= 11 is 0. The molecule has 0 heterocycles. The van der Waals surface area contributed by atoms with E-state index in [0.29, 0.717) is 12.2 Å². The fourth-order valence-electron chi connectivity index (χ4n) is 1.05. The highest BCUT2D eigenvalue weighted by atomic mass is 16.5. The van der Waals surface area contributed by atoms with E-state index in [1.807, 2.05) is 6.92 Å². The molecule has 0 aliphatic carbocycles. The number of carboxylic acid groups (broad SMARTS) is 1. The van der Waals surface area contributed by atoms with Crippen LogP contribution in [0, 0.1) is 0 Å². The van der Waals surface area contributed by atoms with Crippen molar-refractivity contribution in [2.45, 2.75) is 40.5 Å². The molecule has 6 nitrogen and oxygen atoms in total. The van der Waals surface area contributed by atoms with Gasteiger partial charge in [0.05, 0.1) is 19.3 Å². The molecule has 0 aliphatic heterocycles. The lowest BCUT2D eigenvalue weighted by Crippen LogP contribution is -2.06. The van der Waals surface area contributed by atoms with Crippen molar-refractivity contribution in [1.82, 2.24) is 0 Å².